The van der Waals surface area contributed by atoms with Gasteiger partial charge in [0.25, 0.3) is 0 Å². The lowest BCUT2D eigenvalue weighted by Gasteiger charge is -2.04. The molecule has 2 aromatic rings. The van der Waals surface area contributed by atoms with Crippen molar-refractivity contribution in [1.82, 2.24) is 24.7 Å². The van der Waals surface area contributed by atoms with Crippen LogP contribution in [-0.2, 0) is 6.54 Å². The molecule has 2 aromatic heterocycles. The highest BCUT2D eigenvalue weighted by Crippen LogP contribution is 2.05. The maximum Gasteiger partial charge on any atom is 0.152 e. The Kier molecular flexibility index (Phi) is 2.55. The van der Waals surface area contributed by atoms with Crippen LogP contribution in [0.5, 0.6) is 0 Å². The molecule has 0 fully saturated rings. The van der Waals surface area contributed by atoms with Crippen LogP contribution in [0, 0.1) is 6.92 Å². The fourth-order valence-electron chi connectivity index (χ4n) is 1.23. The van der Waals surface area contributed by atoms with Crippen LogP contribution in [0.4, 0.5) is 5.82 Å². The second kappa shape index (κ2) is 4.01. The van der Waals surface area contributed by atoms with Gasteiger partial charge in [-0.05, 0) is 6.92 Å². The molecule has 0 unspecified atom stereocenters. The molecule has 0 aliphatic carbocycles. The van der Waals surface area contributed by atoms with Crippen molar-refractivity contribution >= 4 is 5.82 Å². The first-order valence-corrected chi connectivity index (χ1v) is 4.41. The molecular weight excluding hydrogens is 194 g/mol. The zero-order valence-electron chi connectivity index (χ0n) is 8.25. The van der Waals surface area contributed by atoms with E-state index in [0.717, 1.165) is 5.69 Å². The number of nitrogens with two attached hydrogens (primary N) is 1. The van der Waals surface area contributed by atoms with Crippen LogP contribution in [0.25, 0.3) is 0 Å². The first kappa shape index (κ1) is 9.53. The van der Waals surface area contributed by atoms with Crippen LogP contribution < -0.4 is 11.3 Å². The summed E-state index contributed by atoms with van der Waals surface area (Å²) >= 11 is 0. The van der Waals surface area contributed by atoms with E-state index in [1.54, 1.807) is 17.1 Å². The first-order chi connectivity index (χ1) is 7.28. The molecule has 78 valence electrons. The number of nitrogen functional groups attached to an aromatic ring is 1. The predicted molar refractivity (Wildman–Crippen MR) is 53.7 cm³/mol. The second-order valence-corrected chi connectivity index (χ2v) is 3.05. The number of nitrogens with one attached hydrogen (secondary N) is 1. The number of aryl methyl sites for hydroxylation is 1. The SMILES string of the molecule is Cc1cc(NN)nc(Cn2cncn2)n1. The lowest BCUT2D eigenvalue weighted by atomic mass is 10.4. The Bertz CT molecular complexity index is 436. The van der Waals surface area contributed by atoms with Gasteiger partial charge in [0.05, 0.1) is 0 Å². The van der Waals surface area contributed by atoms with E-state index in [1.165, 1.54) is 6.33 Å². The van der Waals surface area contributed by atoms with Crippen LogP contribution in [0.2, 0.25) is 0 Å². The standard InChI is InChI=1S/C8H11N7/c1-6-2-7(14-9)13-8(12-6)3-15-5-10-4-11-15/h2,4-5H,3,9H2,1H3,(H,12,13,14). The van der Waals surface area contributed by atoms with Gasteiger partial charge in [0.15, 0.2) is 5.82 Å². The van der Waals surface area contributed by atoms with Gasteiger partial charge in [0, 0.05) is 11.8 Å². The van der Waals surface area contributed by atoms with Crippen molar-refractivity contribution in [2.75, 3.05) is 5.43 Å². The van der Waals surface area contributed by atoms with Crippen molar-refractivity contribution in [1.29, 1.82) is 0 Å². The molecule has 0 bridgehead atoms. The molecule has 0 atom stereocenters. The van der Waals surface area contributed by atoms with Gasteiger partial charge in [-0.25, -0.2) is 25.5 Å². The number of hydrogen-bond donors (Lipinski definition) is 2. The lowest BCUT2D eigenvalue weighted by Crippen LogP contribution is -2.12. The molecule has 0 spiro atoms. The van der Waals surface area contributed by atoms with E-state index in [2.05, 4.69) is 25.5 Å². The number of hydrazine groups is 1. The Morgan fingerprint density at radius 3 is 3.00 bits per heavy atom. The van der Waals surface area contributed by atoms with E-state index in [-0.39, 0.29) is 0 Å². The van der Waals surface area contributed by atoms with Gasteiger partial charge in [-0.15, -0.1) is 0 Å². The number of hydrogen-bond acceptors (Lipinski definition) is 6. The van der Waals surface area contributed by atoms with Gasteiger partial charge in [0.1, 0.15) is 25.0 Å². The van der Waals surface area contributed by atoms with E-state index < -0.39 is 0 Å². The fourth-order valence-corrected chi connectivity index (χ4v) is 1.23. The molecule has 0 aliphatic rings. The van der Waals surface area contributed by atoms with E-state index in [0.29, 0.717) is 18.2 Å². The maximum atomic E-state index is 5.29. The largest absolute Gasteiger partial charge is 0.308 e. The minimum absolute atomic E-state index is 0.482. The molecular formula is C8H11N7. The number of aromatic nitrogens is 5. The zero-order chi connectivity index (χ0) is 10.7. The van der Waals surface area contributed by atoms with Gasteiger partial charge in [0.2, 0.25) is 0 Å². The quantitative estimate of drug-likeness (QED) is 0.528. The summed E-state index contributed by atoms with van der Waals surface area (Å²) in [5.74, 6) is 6.53. The Morgan fingerprint density at radius 1 is 1.47 bits per heavy atom. The Morgan fingerprint density at radius 2 is 2.33 bits per heavy atom. The highest BCUT2D eigenvalue weighted by molar-refractivity contribution is 5.33. The number of anilines is 1. The summed E-state index contributed by atoms with van der Waals surface area (Å²) < 4.78 is 1.65. The molecule has 3 N–H and O–H groups in total. The molecule has 7 heteroatoms. The number of nitrogens with zero attached hydrogens (tertiary/aromatic N) is 5. The van der Waals surface area contributed by atoms with Crippen molar-refractivity contribution < 1.29 is 0 Å². The average molecular weight is 205 g/mol. The van der Waals surface area contributed by atoms with Crippen LogP contribution in [-0.4, -0.2) is 24.7 Å². The molecule has 0 amide bonds. The van der Waals surface area contributed by atoms with Crippen LogP contribution in [0.15, 0.2) is 18.7 Å². The summed E-state index contributed by atoms with van der Waals surface area (Å²) in [5.41, 5.74) is 3.35. The van der Waals surface area contributed by atoms with Gasteiger partial charge in [-0.3, -0.25) is 0 Å². The van der Waals surface area contributed by atoms with Crippen molar-refractivity contribution in [3.8, 4) is 0 Å². The van der Waals surface area contributed by atoms with Crippen LogP contribution >= 0.6 is 0 Å². The van der Waals surface area contributed by atoms with E-state index in [9.17, 15) is 0 Å². The fraction of sp³-hybridized carbons (Fsp3) is 0.250. The van der Waals surface area contributed by atoms with Gasteiger partial charge in [-0.1, -0.05) is 0 Å². The number of rotatable bonds is 3. The molecule has 2 heterocycles. The van der Waals surface area contributed by atoms with Crippen molar-refractivity contribution in [3.63, 3.8) is 0 Å². The molecule has 0 aliphatic heterocycles. The van der Waals surface area contributed by atoms with Crippen molar-refractivity contribution in [2.24, 2.45) is 5.84 Å². The summed E-state index contributed by atoms with van der Waals surface area (Å²) in [4.78, 5) is 12.3. The van der Waals surface area contributed by atoms with E-state index >= 15 is 0 Å². The highest BCUT2D eigenvalue weighted by atomic mass is 15.3. The van der Waals surface area contributed by atoms with Gasteiger partial charge >= 0.3 is 0 Å². The molecule has 0 aromatic carbocycles. The third kappa shape index (κ3) is 2.26. The maximum absolute atomic E-state index is 5.29. The summed E-state index contributed by atoms with van der Waals surface area (Å²) in [6.07, 6.45) is 3.08. The van der Waals surface area contributed by atoms with E-state index in [4.69, 9.17) is 5.84 Å². The van der Waals surface area contributed by atoms with E-state index in [1.807, 2.05) is 6.92 Å². The first-order valence-electron chi connectivity index (χ1n) is 4.41. The second-order valence-electron chi connectivity index (χ2n) is 3.05. The molecule has 2 rings (SSSR count). The lowest BCUT2D eigenvalue weighted by molar-refractivity contribution is 0.651. The molecule has 0 radical (unpaired) electrons. The third-order valence-corrected chi connectivity index (χ3v) is 1.82. The smallest absolute Gasteiger partial charge is 0.152 e. The topological polar surface area (TPSA) is 94.5 Å². The Hall–Kier alpha value is -2.02. The minimum atomic E-state index is 0.482. The Balaban J connectivity index is 2.24. The normalized spacial score (nSPS) is 10.3. The third-order valence-electron chi connectivity index (χ3n) is 1.82. The van der Waals surface area contributed by atoms with Crippen molar-refractivity contribution in [3.05, 3.63) is 30.2 Å². The molecule has 7 nitrogen and oxygen atoms in total. The van der Waals surface area contributed by atoms with Crippen LogP contribution in [0.3, 0.4) is 0 Å². The average Bonchev–Trinajstić information content (AvgIpc) is 2.69. The summed E-state index contributed by atoms with van der Waals surface area (Å²) in [7, 11) is 0. The molecule has 15 heavy (non-hydrogen) atoms. The predicted octanol–water partition coefficient (Wildman–Crippen LogP) is -0.290. The monoisotopic (exact) mass is 205 g/mol. The highest BCUT2D eigenvalue weighted by Gasteiger charge is 2.02. The molecule has 0 saturated carbocycles. The van der Waals surface area contributed by atoms with Gasteiger partial charge < -0.3 is 5.43 Å². The Labute approximate surface area is 86.3 Å². The minimum Gasteiger partial charge on any atom is -0.308 e. The zero-order valence-corrected chi connectivity index (χ0v) is 8.25. The molecule has 0 saturated heterocycles. The van der Waals surface area contributed by atoms with Gasteiger partial charge in [-0.2, -0.15) is 5.10 Å². The summed E-state index contributed by atoms with van der Waals surface area (Å²) in [6, 6.07) is 1.77. The summed E-state index contributed by atoms with van der Waals surface area (Å²) in [5, 5.41) is 3.97. The summed E-state index contributed by atoms with van der Waals surface area (Å²) in [6.45, 7) is 2.36. The van der Waals surface area contributed by atoms with Crippen molar-refractivity contribution in [2.45, 2.75) is 13.5 Å². The van der Waals surface area contributed by atoms with Crippen LogP contribution in [0.1, 0.15) is 11.5 Å².